The van der Waals surface area contributed by atoms with Gasteiger partial charge < -0.3 is 4.90 Å². The molecule has 14 heavy (non-hydrogen) atoms. The van der Waals surface area contributed by atoms with Gasteiger partial charge in [-0.2, -0.15) is 0 Å². The summed E-state index contributed by atoms with van der Waals surface area (Å²) in [6.45, 7) is 0.955. The average molecular weight is 192 g/mol. The molecule has 1 aromatic rings. The number of ketones is 1. The van der Waals surface area contributed by atoms with Gasteiger partial charge in [0.1, 0.15) is 0 Å². The Morgan fingerprint density at radius 3 is 2.57 bits per heavy atom. The van der Waals surface area contributed by atoms with Crippen LogP contribution in [0.3, 0.4) is 0 Å². The summed E-state index contributed by atoms with van der Waals surface area (Å²) in [5.41, 5.74) is 0.763. The van der Waals surface area contributed by atoms with Crippen molar-refractivity contribution in [2.45, 2.75) is 12.8 Å². The Kier molecular flexibility index (Phi) is 4.26. The Morgan fingerprint density at radius 1 is 1.36 bits per heavy atom. The monoisotopic (exact) mass is 192 g/mol. The molecule has 0 fully saturated rings. The highest BCUT2D eigenvalue weighted by molar-refractivity contribution is 5.95. The van der Waals surface area contributed by atoms with Gasteiger partial charge in [-0.1, -0.05) is 0 Å². The topological polar surface area (TPSA) is 33.2 Å². The van der Waals surface area contributed by atoms with Gasteiger partial charge in [0, 0.05) is 24.4 Å². The molecule has 0 unspecified atom stereocenters. The van der Waals surface area contributed by atoms with E-state index in [4.69, 9.17) is 0 Å². The van der Waals surface area contributed by atoms with Gasteiger partial charge in [-0.15, -0.1) is 0 Å². The van der Waals surface area contributed by atoms with E-state index in [1.54, 1.807) is 24.5 Å². The molecular formula is C11H16N2O. The van der Waals surface area contributed by atoms with Crippen molar-refractivity contribution in [1.29, 1.82) is 0 Å². The molecule has 0 aliphatic heterocycles. The van der Waals surface area contributed by atoms with Crippen molar-refractivity contribution < 1.29 is 4.79 Å². The van der Waals surface area contributed by atoms with Crippen LogP contribution in [0.25, 0.3) is 0 Å². The van der Waals surface area contributed by atoms with Crippen LogP contribution in [0.15, 0.2) is 24.5 Å². The third kappa shape index (κ3) is 3.66. The fourth-order valence-corrected chi connectivity index (χ4v) is 1.24. The summed E-state index contributed by atoms with van der Waals surface area (Å²) >= 11 is 0. The molecule has 3 nitrogen and oxygen atoms in total. The summed E-state index contributed by atoms with van der Waals surface area (Å²) in [4.78, 5) is 17.5. The normalized spacial score (nSPS) is 10.5. The smallest absolute Gasteiger partial charge is 0.163 e. The van der Waals surface area contributed by atoms with Crippen molar-refractivity contribution in [3.8, 4) is 0 Å². The zero-order valence-corrected chi connectivity index (χ0v) is 8.73. The fraction of sp³-hybridized carbons (Fsp3) is 0.455. The van der Waals surface area contributed by atoms with Crippen molar-refractivity contribution in [1.82, 2.24) is 9.88 Å². The van der Waals surface area contributed by atoms with Crippen LogP contribution in [0, 0.1) is 0 Å². The summed E-state index contributed by atoms with van der Waals surface area (Å²) in [6.07, 6.45) is 4.83. The summed E-state index contributed by atoms with van der Waals surface area (Å²) < 4.78 is 0. The standard InChI is InChI=1S/C11H16N2O/c1-13(2)9-3-4-11(14)10-5-7-12-8-6-10/h5-8H,3-4,9H2,1-2H3. The minimum atomic E-state index is 0.203. The lowest BCUT2D eigenvalue weighted by atomic mass is 10.1. The first-order valence-electron chi connectivity index (χ1n) is 4.78. The van der Waals surface area contributed by atoms with E-state index in [-0.39, 0.29) is 5.78 Å². The molecule has 0 aromatic carbocycles. The lowest BCUT2D eigenvalue weighted by molar-refractivity contribution is 0.0977. The van der Waals surface area contributed by atoms with Gasteiger partial charge >= 0.3 is 0 Å². The highest BCUT2D eigenvalue weighted by Gasteiger charge is 2.04. The predicted molar refractivity (Wildman–Crippen MR) is 56.4 cm³/mol. The lowest BCUT2D eigenvalue weighted by Crippen LogP contribution is -2.14. The molecule has 0 radical (unpaired) electrons. The van der Waals surface area contributed by atoms with Crippen LogP contribution >= 0.6 is 0 Å². The zero-order chi connectivity index (χ0) is 10.4. The molecule has 1 aromatic heterocycles. The second kappa shape index (κ2) is 5.50. The highest BCUT2D eigenvalue weighted by atomic mass is 16.1. The first-order valence-corrected chi connectivity index (χ1v) is 4.78. The zero-order valence-electron chi connectivity index (χ0n) is 8.73. The van der Waals surface area contributed by atoms with E-state index >= 15 is 0 Å². The lowest BCUT2D eigenvalue weighted by Gasteiger charge is -2.07. The maximum Gasteiger partial charge on any atom is 0.163 e. The summed E-state index contributed by atoms with van der Waals surface area (Å²) in [7, 11) is 4.02. The maximum absolute atomic E-state index is 11.6. The summed E-state index contributed by atoms with van der Waals surface area (Å²) in [6, 6.07) is 3.52. The SMILES string of the molecule is CN(C)CCCC(=O)c1ccncc1. The fourth-order valence-electron chi connectivity index (χ4n) is 1.24. The molecule has 0 N–H and O–H groups in total. The van der Waals surface area contributed by atoms with Crippen molar-refractivity contribution in [3.63, 3.8) is 0 Å². The molecule has 0 amide bonds. The van der Waals surface area contributed by atoms with Crippen molar-refractivity contribution in [2.75, 3.05) is 20.6 Å². The van der Waals surface area contributed by atoms with Crippen LogP contribution < -0.4 is 0 Å². The summed E-state index contributed by atoms with van der Waals surface area (Å²) in [5.74, 6) is 0.203. The van der Waals surface area contributed by atoms with Crippen molar-refractivity contribution in [2.24, 2.45) is 0 Å². The van der Waals surface area contributed by atoms with Gasteiger partial charge in [0.15, 0.2) is 5.78 Å². The average Bonchev–Trinajstić information content (AvgIpc) is 2.18. The van der Waals surface area contributed by atoms with Gasteiger partial charge in [-0.05, 0) is 39.2 Å². The number of hydrogen-bond acceptors (Lipinski definition) is 3. The Balaban J connectivity index is 2.36. The molecule has 0 saturated carbocycles. The van der Waals surface area contributed by atoms with Crippen molar-refractivity contribution in [3.05, 3.63) is 30.1 Å². The number of carbonyl (C=O) groups excluding carboxylic acids is 1. The highest BCUT2D eigenvalue weighted by Crippen LogP contribution is 2.03. The van der Waals surface area contributed by atoms with Crippen molar-refractivity contribution >= 4 is 5.78 Å². The molecule has 0 atom stereocenters. The second-order valence-corrected chi connectivity index (χ2v) is 3.57. The quantitative estimate of drug-likeness (QED) is 0.664. The largest absolute Gasteiger partial charge is 0.309 e. The molecule has 0 spiro atoms. The van der Waals surface area contributed by atoms with Gasteiger partial charge in [0.25, 0.3) is 0 Å². The van der Waals surface area contributed by atoms with Crippen LogP contribution in [0.1, 0.15) is 23.2 Å². The number of hydrogen-bond donors (Lipinski definition) is 0. The number of carbonyl (C=O) groups is 1. The molecule has 3 heteroatoms. The Bertz CT molecular complexity index is 283. The third-order valence-corrected chi connectivity index (χ3v) is 2.01. The molecule has 0 bridgehead atoms. The molecule has 76 valence electrons. The Hall–Kier alpha value is -1.22. The number of aromatic nitrogens is 1. The van der Waals surface area contributed by atoms with E-state index in [1.807, 2.05) is 14.1 Å². The first kappa shape index (κ1) is 10.9. The van der Waals surface area contributed by atoms with E-state index < -0.39 is 0 Å². The Morgan fingerprint density at radius 2 is 2.00 bits per heavy atom. The van der Waals surface area contributed by atoms with Crippen LogP contribution in [-0.2, 0) is 0 Å². The van der Waals surface area contributed by atoms with Gasteiger partial charge in [0.2, 0.25) is 0 Å². The molecule has 0 aliphatic carbocycles. The van der Waals surface area contributed by atoms with Crippen LogP contribution in [0.2, 0.25) is 0 Å². The molecule has 1 heterocycles. The van der Waals surface area contributed by atoms with Gasteiger partial charge in [0.05, 0.1) is 0 Å². The van der Waals surface area contributed by atoms with E-state index in [0.29, 0.717) is 6.42 Å². The number of nitrogens with zero attached hydrogens (tertiary/aromatic N) is 2. The minimum Gasteiger partial charge on any atom is -0.309 e. The Labute approximate surface area is 84.8 Å². The minimum absolute atomic E-state index is 0.203. The first-order chi connectivity index (χ1) is 6.70. The molecule has 0 aliphatic rings. The number of pyridine rings is 1. The number of rotatable bonds is 5. The van der Waals surface area contributed by atoms with Crippen LogP contribution in [-0.4, -0.2) is 36.3 Å². The van der Waals surface area contributed by atoms with Crippen LogP contribution in [0.5, 0.6) is 0 Å². The predicted octanol–water partition coefficient (Wildman–Crippen LogP) is 1.61. The maximum atomic E-state index is 11.6. The van der Waals surface area contributed by atoms with E-state index in [2.05, 4.69) is 9.88 Å². The second-order valence-electron chi connectivity index (χ2n) is 3.57. The van der Waals surface area contributed by atoms with E-state index in [0.717, 1.165) is 18.5 Å². The van der Waals surface area contributed by atoms with E-state index in [9.17, 15) is 4.79 Å². The number of Topliss-reactive ketones (excluding diaryl/α,β-unsaturated/α-hetero) is 1. The molecular weight excluding hydrogens is 176 g/mol. The van der Waals surface area contributed by atoms with Gasteiger partial charge in [-0.25, -0.2) is 0 Å². The molecule has 1 rings (SSSR count). The van der Waals surface area contributed by atoms with Gasteiger partial charge in [-0.3, -0.25) is 9.78 Å². The third-order valence-electron chi connectivity index (χ3n) is 2.01. The molecule has 0 saturated heterocycles. The van der Waals surface area contributed by atoms with E-state index in [1.165, 1.54) is 0 Å². The van der Waals surface area contributed by atoms with Crippen LogP contribution in [0.4, 0.5) is 0 Å². The summed E-state index contributed by atoms with van der Waals surface area (Å²) in [5, 5.41) is 0.